The van der Waals surface area contributed by atoms with E-state index in [4.69, 9.17) is 6.42 Å². The molecule has 0 aromatic carbocycles. The summed E-state index contributed by atoms with van der Waals surface area (Å²) < 4.78 is 21.3. The summed E-state index contributed by atoms with van der Waals surface area (Å²) in [7, 11) is -2.82. The Hall–Kier alpha value is -0.490. The summed E-state index contributed by atoms with van der Waals surface area (Å²) in [5.74, 6) is 2.59. The molecule has 0 aliphatic carbocycles. The number of sulfone groups is 1. The molecule has 0 aliphatic heterocycles. The molecule has 0 aromatic heterocycles. The second kappa shape index (κ2) is 3.52. The van der Waals surface area contributed by atoms with Crippen molar-refractivity contribution >= 4 is 9.84 Å². The molecule has 0 heterocycles. The molecule has 0 N–H and O–H groups in total. The zero-order valence-electron chi connectivity index (χ0n) is 5.42. The Morgan fingerprint density at radius 3 is 2.44 bits per heavy atom. The zero-order chi connectivity index (χ0) is 7.33. The van der Waals surface area contributed by atoms with Crippen LogP contribution in [0.2, 0.25) is 0 Å². The van der Waals surface area contributed by atoms with Crippen LogP contribution in [0.25, 0.3) is 0 Å². The van der Waals surface area contributed by atoms with Gasteiger partial charge in [-0.1, -0.05) is 6.92 Å². The van der Waals surface area contributed by atoms with E-state index < -0.39 is 9.84 Å². The first-order chi connectivity index (χ1) is 4.12. The highest BCUT2D eigenvalue weighted by Crippen LogP contribution is 1.90. The summed E-state index contributed by atoms with van der Waals surface area (Å²) >= 11 is 0. The lowest BCUT2D eigenvalue weighted by molar-refractivity contribution is 0.597. The lowest BCUT2D eigenvalue weighted by Crippen LogP contribution is -2.07. The first-order valence-corrected chi connectivity index (χ1v) is 4.58. The summed E-state index contributed by atoms with van der Waals surface area (Å²) in [6.45, 7) is 1.62. The SMILES string of the molecule is C#CCCS(=O)(=O)CC. The smallest absolute Gasteiger partial charge is 0.150 e. The summed E-state index contributed by atoms with van der Waals surface area (Å²) in [6.07, 6.45) is 5.21. The van der Waals surface area contributed by atoms with Crippen molar-refractivity contribution in [2.75, 3.05) is 11.5 Å². The third-order valence-corrected chi connectivity index (χ3v) is 2.70. The molecular weight excluding hydrogens is 136 g/mol. The second-order valence-corrected chi connectivity index (χ2v) is 4.16. The van der Waals surface area contributed by atoms with Crippen LogP contribution >= 0.6 is 0 Å². The second-order valence-electron chi connectivity index (χ2n) is 1.69. The predicted molar refractivity (Wildman–Crippen MR) is 37.8 cm³/mol. The highest BCUT2D eigenvalue weighted by molar-refractivity contribution is 7.91. The van der Waals surface area contributed by atoms with Gasteiger partial charge in [-0.2, -0.15) is 0 Å². The number of terminal acetylenes is 1. The van der Waals surface area contributed by atoms with Gasteiger partial charge in [-0.05, 0) is 0 Å². The molecule has 0 aromatic rings. The van der Waals surface area contributed by atoms with Gasteiger partial charge < -0.3 is 0 Å². The van der Waals surface area contributed by atoms with Gasteiger partial charge in [-0.25, -0.2) is 8.42 Å². The molecule has 0 radical (unpaired) electrons. The minimum absolute atomic E-state index is 0.125. The Labute approximate surface area is 56.2 Å². The van der Waals surface area contributed by atoms with Crippen molar-refractivity contribution < 1.29 is 8.42 Å². The van der Waals surface area contributed by atoms with Gasteiger partial charge in [0.15, 0.2) is 9.84 Å². The monoisotopic (exact) mass is 146 g/mol. The van der Waals surface area contributed by atoms with Gasteiger partial charge in [0.05, 0.1) is 5.75 Å². The maximum absolute atomic E-state index is 10.7. The van der Waals surface area contributed by atoms with E-state index in [0.29, 0.717) is 6.42 Å². The fourth-order valence-corrected chi connectivity index (χ4v) is 1.08. The van der Waals surface area contributed by atoms with Crippen molar-refractivity contribution in [1.82, 2.24) is 0 Å². The fourth-order valence-electron chi connectivity index (χ4n) is 0.359. The summed E-state index contributed by atoms with van der Waals surface area (Å²) in [5, 5.41) is 0. The van der Waals surface area contributed by atoms with Crippen LogP contribution < -0.4 is 0 Å². The average molecular weight is 146 g/mol. The lowest BCUT2D eigenvalue weighted by Gasteiger charge is -1.93. The Morgan fingerprint density at radius 2 is 2.11 bits per heavy atom. The van der Waals surface area contributed by atoms with Crippen molar-refractivity contribution in [3.8, 4) is 12.3 Å². The van der Waals surface area contributed by atoms with Crippen LogP contribution in [0.15, 0.2) is 0 Å². The van der Waals surface area contributed by atoms with Crippen LogP contribution in [0.1, 0.15) is 13.3 Å². The lowest BCUT2D eigenvalue weighted by atomic mass is 10.5. The molecule has 0 amide bonds. The molecular formula is C6H10O2S. The van der Waals surface area contributed by atoms with E-state index in [-0.39, 0.29) is 11.5 Å². The normalized spacial score (nSPS) is 10.7. The molecule has 52 valence electrons. The van der Waals surface area contributed by atoms with E-state index >= 15 is 0 Å². The number of rotatable bonds is 3. The minimum atomic E-state index is -2.82. The molecule has 0 unspecified atom stereocenters. The quantitative estimate of drug-likeness (QED) is 0.541. The van der Waals surface area contributed by atoms with Crippen LogP contribution in [0, 0.1) is 12.3 Å². The first-order valence-electron chi connectivity index (χ1n) is 2.76. The zero-order valence-corrected chi connectivity index (χ0v) is 6.24. The van der Waals surface area contributed by atoms with E-state index in [2.05, 4.69) is 5.92 Å². The number of hydrogen-bond donors (Lipinski definition) is 0. The van der Waals surface area contributed by atoms with Crippen molar-refractivity contribution in [3.63, 3.8) is 0 Å². The van der Waals surface area contributed by atoms with Crippen molar-refractivity contribution in [3.05, 3.63) is 0 Å². The van der Waals surface area contributed by atoms with Gasteiger partial charge in [0, 0.05) is 12.2 Å². The van der Waals surface area contributed by atoms with Crippen LogP contribution in [-0.4, -0.2) is 19.9 Å². The van der Waals surface area contributed by atoms with Crippen LogP contribution in [-0.2, 0) is 9.84 Å². The molecule has 0 bridgehead atoms. The minimum Gasteiger partial charge on any atom is -0.229 e. The highest BCUT2D eigenvalue weighted by Gasteiger charge is 2.03. The summed E-state index contributed by atoms with van der Waals surface area (Å²) in [6, 6.07) is 0. The third kappa shape index (κ3) is 4.04. The maximum atomic E-state index is 10.7. The molecule has 0 atom stereocenters. The molecule has 0 aliphatic rings. The molecule has 0 fully saturated rings. The Bertz CT molecular complexity index is 196. The van der Waals surface area contributed by atoms with E-state index in [1.54, 1.807) is 6.92 Å². The third-order valence-electron chi connectivity index (χ3n) is 0.997. The predicted octanol–water partition coefficient (Wildman–Crippen LogP) is 0.444. The van der Waals surface area contributed by atoms with Gasteiger partial charge >= 0.3 is 0 Å². The largest absolute Gasteiger partial charge is 0.229 e. The highest BCUT2D eigenvalue weighted by atomic mass is 32.2. The van der Waals surface area contributed by atoms with Gasteiger partial charge in [0.25, 0.3) is 0 Å². The molecule has 9 heavy (non-hydrogen) atoms. The average Bonchev–Trinajstić information content (AvgIpc) is 1.84. The van der Waals surface area contributed by atoms with Crippen molar-refractivity contribution in [1.29, 1.82) is 0 Å². The Kier molecular flexibility index (Phi) is 3.33. The van der Waals surface area contributed by atoms with E-state index in [9.17, 15) is 8.42 Å². The molecule has 3 heteroatoms. The van der Waals surface area contributed by atoms with E-state index in [1.807, 2.05) is 0 Å². The molecule has 2 nitrogen and oxygen atoms in total. The van der Waals surface area contributed by atoms with Gasteiger partial charge in [-0.15, -0.1) is 12.3 Å². The van der Waals surface area contributed by atoms with Crippen LogP contribution in [0.3, 0.4) is 0 Å². The van der Waals surface area contributed by atoms with Crippen LogP contribution in [0.5, 0.6) is 0 Å². The molecule has 0 spiro atoms. The maximum Gasteiger partial charge on any atom is 0.150 e. The topological polar surface area (TPSA) is 34.1 Å². The molecule has 0 saturated carbocycles. The standard InChI is InChI=1S/C6H10O2S/c1-3-5-6-9(7,8)4-2/h1H,4-6H2,2H3. The van der Waals surface area contributed by atoms with Crippen molar-refractivity contribution in [2.24, 2.45) is 0 Å². The van der Waals surface area contributed by atoms with E-state index in [0.717, 1.165) is 0 Å². The Morgan fingerprint density at radius 1 is 1.56 bits per heavy atom. The summed E-state index contributed by atoms with van der Waals surface area (Å²) in [5.41, 5.74) is 0. The summed E-state index contributed by atoms with van der Waals surface area (Å²) in [4.78, 5) is 0. The first kappa shape index (κ1) is 8.51. The molecule has 0 saturated heterocycles. The Balaban J connectivity index is 3.78. The van der Waals surface area contributed by atoms with E-state index in [1.165, 1.54) is 0 Å². The van der Waals surface area contributed by atoms with Crippen molar-refractivity contribution in [2.45, 2.75) is 13.3 Å². The van der Waals surface area contributed by atoms with Crippen LogP contribution in [0.4, 0.5) is 0 Å². The van der Waals surface area contributed by atoms with Gasteiger partial charge in [0.1, 0.15) is 0 Å². The van der Waals surface area contributed by atoms with Gasteiger partial charge in [0.2, 0.25) is 0 Å². The number of hydrogen-bond acceptors (Lipinski definition) is 2. The molecule has 0 rings (SSSR count). The van der Waals surface area contributed by atoms with Gasteiger partial charge in [-0.3, -0.25) is 0 Å². The fraction of sp³-hybridized carbons (Fsp3) is 0.667.